The van der Waals surface area contributed by atoms with Crippen molar-refractivity contribution in [3.8, 4) is 0 Å². The highest BCUT2D eigenvalue weighted by molar-refractivity contribution is 5.20. The predicted molar refractivity (Wildman–Crippen MR) is 77.5 cm³/mol. The van der Waals surface area contributed by atoms with Crippen molar-refractivity contribution in [1.82, 2.24) is 15.5 Å². The van der Waals surface area contributed by atoms with E-state index >= 15 is 0 Å². The summed E-state index contributed by atoms with van der Waals surface area (Å²) in [5, 5.41) is 14.7. The zero-order chi connectivity index (χ0) is 14.2. The van der Waals surface area contributed by atoms with Crippen LogP contribution in [0.15, 0.2) is 4.42 Å². The molecule has 0 amide bonds. The van der Waals surface area contributed by atoms with Gasteiger partial charge in [-0.3, -0.25) is 0 Å². The Bertz CT molecular complexity index is 383. The molecule has 0 saturated heterocycles. The standard InChI is InChI=1S/C14H26N4O2/c1-11-6-4-3-5-7-12(11)16-14-18-17-13(20-14)10-15-8-9-19-2/h11-12,15H,3-10H2,1-2H3,(H,16,18). The van der Waals surface area contributed by atoms with Gasteiger partial charge in [-0.05, 0) is 18.8 Å². The molecule has 20 heavy (non-hydrogen) atoms. The first kappa shape index (κ1) is 15.3. The third-order valence-electron chi connectivity index (χ3n) is 3.90. The summed E-state index contributed by atoms with van der Waals surface area (Å²) >= 11 is 0. The molecule has 1 aromatic heterocycles. The average Bonchev–Trinajstić information content (AvgIpc) is 2.79. The van der Waals surface area contributed by atoms with E-state index in [2.05, 4.69) is 27.8 Å². The second kappa shape index (κ2) is 8.21. The lowest BCUT2D eigenvalue weighted by atomic mass is 9.97. The number of methoxy groups -OCH3 is 1. The van der Waals surface area contributed by atoms with Crippen LogP contribution in [0.2, 0.25) is 0 Å². The van der Waals surface area contributed by atoms with Crippen molar-refractivity contribution >= 4 is 6.01 Å². The van der Waals surface area contributed by atoms with E-state index in [0.717, 1.165) is 6.54 Å². The number of aromatic nitrogens is 2. The van der Waals surface area contributed by atoms with Gasteiger partial charge in [0.15, 0.2) is 0 Å². The lowest BCUT2D eigenvalue weighted by Crippen LogP contribution is -2.26. The van der Waals surface area contributed by atoms with E-state index in [1.165, 1.54) is 32.1 Å². The number of ether oxygens (including phenoxy) is 1. The molecule has 1 fully saturated rings. The molecule has 1 aromatic rings. The number of hydrogen-bond acceptors (Lipinski definition) is 6. The van der Waals surface area contributed by atoms with E-state index < -0.39 is 0 Å². The van der Waals surface area contributed by atoms with Gasteiger partial charge in [0.25, 0.3) is 0 Å². The third kappa shape index (κ3) is 4.76. The lowest BCUT2D eigenvalue weighted by Gasteiger charge is -2.21. The highest BCUT2D eigenvalue weighted by atomic mass is 16.5. The van der Waals surface area contributed by atoms with E-state index in [-0.39, 0.29) is 0 Å². The summed E-state index contributed by atoms with van der Waals surface area (Å²) in [6.45, 7) is 4.34. The van der Waals surface area contributed by atoms with E-state index in [1.54, 1.807) is 7.11 Å². The molecule has 1 aliphatic rings. The third-order valence-corrected chi connectivity index (χ3v) is 3.90. The smallest absolute Gasteiger partial charge is 0.315 e. The summed E-state index contributed by atoms with van der Waals surface area (Å²) < 4.78 is 10.6. The fourth-order valence-corrected chi connectivity index (χ4v) is 2.62. The van der Waals surface area contributed by atoms with Gasteiger partial charge in [0, 0.05) is 19.7 Å². The van der Waals surface area contributed by atoms with Crippen LogP contribution in [0.25, 0.3) is 0 Å². The van der Waals surface area contributed by atoms with Crippen LogP contribution in [0.5, 0.6) is 0 Å². The average molecular weight is 282 g/mol. The van der Waals surface area contributed by atoms with Gasteiger partial charge in [-0.25, -0.2) is 0 Å². The minimum atomic E-state index is 0.451. The first-order chi connectivity index (χ1) is 9.79. The van der Waals surface area contributed by atoms with Crippen molar-refractivity contribution in [1.29, 1.82) is 0 Å². The van der Waals surface area contributed by atoms with E-state index in [9.17, 15) is 0 Å². The monoisotopic (exact) mass is 282 g/mol. The Hall–Kier alpha value is -1.14. The molecule has 0 radical (unpaired) electrons. The zero-order valence-electron chi connectivity index (χ0n) is 12.5. The van der Waals surface area contributed by atoms with Crippen molar-refractivity contribution < 1.29 is 9.15 Å². The summed E-state index contributed by atoms with van der Waals surface area (Å²) in [5.74, 6) is 1.28. The Morgan fingerprint density at radius 1 is 1.25 bits per heavy atom. The van der Waals surface area contributed by atoms with Crippen molar-refractivity contribution in [3.05, 3.63) is 5.89 Å². The van der Waals surface area contributed by atoms with Crippen LogP contribution in [-0.2, 0) is 11.3 Å². The number of rotatable bonds is 7. The summed E-state index contributed by atoms with van der Waals surface area (Å²) in [6.07, 6.45) is 6.41. The van der Waals surface area contributed by atoms with Crippen LogP contribution >= 0.6 is 0 Å². The maximum atomic E-state index is 5.62. The Kier molecular flexibility index (Phi) is 6.26. The maximum absolute atomic E-state index is 5.62. The molecule has 0 aliphatic heterocycles. The molecule has 0 spiro atoms. The minimum absolute atomic E-state index is 0.451. The number of hydrogen-bond donors (Lipinski definition) is 2. The molecule has 2 atom stereocenters. The van der Waals surface area contributed by atoms with Crippen LogP contribution in [0, 0.1) is 5.92 Å². The fraction of sp³-hybridized carbons (Fsp3) is 0.857. The van der Waals surface area contributed by atoms with E-state index in [1.807, 2.05) is 0 Å². The summed E-state index contributed by atoms with van der Waals surface area (Å²) in [6, 6.07) is 1.000. The quantitative estimate of drug-likeness (QED) is 0.590. The molecule has 2 N–H and O–H groups in total. The van der Waals surface area contributed by atoms with Gasteiger partial charge >= 0.3 is 6.01 Å². The Morgan fingerprint density at radius 3 is 2.95 bits per heavy atom. The van der Waals surface area contributed by atoms with Crippen LogP contribution in [0.3, 0.4) is 0 Å². The molecule has 0 aromatic carbocycles. The Morgan fingerprint density at radius 2 is 2.10 bits per heavy atom. The Labute approximate surface area is 120 Å². The van der Waals surface area contributed by atoms with Crippen molar-refractivity contribution in [2.75, 3.05) is 25.6 Å². The number of anilines is 1. The van der Waals surface area contributed by atoms with Crippen LogP contribution in [0.4, 0.5) is 6.01 Å². The largest absolute Gasteiger partial charge is 0.407 e. The van der Waals surface area contributed by atoms with Gasteiger partial charge in [0.05, 0.1) is 13.2 Å². The molecule has 114 valence electrons. The first-order valence-corrected chi connectivity index (χ1v) is 7.58. The highest BCUT2D eigenvalue weighted by Crippen LogP contribution is 2.25. The number of nitrogens with zero attached hydrogens (tertiary/aromatic N) is 2. The molecule has 6 heteroatoms. The van der Waals surface area contributed by atoms with Gasteiger partial charge in [0.2, 0.25) is 5.89 Å². The Balaban J connectivity index is 1.79. The molecule has 2 rings (SSSR count). The second-order valence-electron chi connectivity index (χ2n) is 5.54. The summed E-state index contributed by atoms with van der Waals surface area (Å²) in [5.41, 5.74) is 0. The SMILES string of the molecule is COCCNCc1nnc(NC2CCCCCC2C)o1. The minimum Gasteiger partial charge on any atom is -0.407 e. The van der Waals surface area contributed by atoms with E-state index in [0.29, 0.717) is 37.0 Å². The highest BCUT2D eigenvalue weighted by Gasteiger charge is 2.21. The molecule has 2 unspecified atom stereocenters. The van der Waals surface area contributed by atoms with Crippen LogP contribution < -0.4 is 10.6 Å². The molecular formula is C14H26N4O2. The second-order valence-corrected chi connectivity index (χ2v) is 5.54. The molecule has 1 heterocycles. The fourth-order valence-electron chi connectivity index (χ4n) is 2.62. The number of nitrogens with one attached hydrogen (secondary N) is 2. The predicted octanol–water partition coefficient (Wildman–Crippen LogP) is 2.19. The molecule has 0 bridgehead atoms. The lowest BCUT2D eigenvalue weighted by molar-refractivity contribution is 0.198. The maximum Gasteiger partial charge on any atom is 0.315 e. The van der Waals surface area contributed by atoms with Gasteiger partial charge in [0.1, 0.15) is 0 Å². The van der Waals surface area contributed by atoms with Crippen molar-refractivity contribution in [2.24, 2.45) is 5.92 Å². The van der Waals surface area contributed by atoms with Gasteiger partial charge in [-0.1, -0.05) is 31.3 Å². The molecule has 6 nitrogen and oxygen atoms in total. The van der Waals surface area contributed by atoms with Crippen LogP contribution in [-0.4, -0.2) is 36.5 Å². The topological polar surface area (TPSA) is 72.2 Å². The van der Waals surface area contributed by atoms with Crippen LogP contribution in [0.1, 0.15) is 44.9 Å². The van der Waals surface area contributed by atoms with Gasteiger partial charge in [-0.15, -0.1) is 5.10 Å². The molecular weight excluding hydrogens is 256 g/mol. The normalized spacial score (nSPS) is 23.5. The van der Waals surface area contributed by atoms with Crippen molar-refractivity contribution in [2.45, 2.75) is 51.6 Å². The summed E-state index contributed by atoms with van der Waals surface area (Å²) in [4.78, 5) is 0. The first-order valence-electron chi connectivity index (χ1n) is 7.58. The van der Waals surface area contributed by atoms with Crippen molar-refractivity contribution in [3.63, 3.8) is 0 Å². The van der Waals surface area contributed by atoms with Gasteiger partial charge in [-0.2, -0.15) is 0 Å². The summed E-state index contributed by atoms with van der Waals surface area (Å²) in [7, 11) is 1.68. The molecule has 1 aliphatic carbocycles. The van der Waals surface area contributed by atoms with E-state index in [4.69, 9.17) is 9.15 Å². The zero-order valence-corrected chi connectivity index (χ0v) is 12.5. The molecule has 1 saturated carbocycles. The van der Waals surface area contributed by atoms with Gasteiger partial charge < -0.3 is 19.8 Å².